The maximum absolute atomic E-state index is 6.10. The minimum atomic E-state index is -0.798. The molecule has 0 amide bonds. The molecular weight excluding hydrogens is 270 g/mol. The Bertz CT molecular complexity index is 769. The third kappa shape index (κ3) is 2.61. The van der Waals surface area contributed by atoms with Crippen molar-refractivity contribution in [3.63, 3.8) is 0 Å². The number of aromatic nitrogens is 4. The molecule has 3 rings (SSSR count). The van der Waals surface area contributed by atoms with Crippen molar-refractivity contribution in [3.05, 3.63) is 36.4 Å². The Labute approximate surface area is 121 Å². The highest BCUT2D eigenvalue weighted by Crippen LogP contribution is 2.23. The van der Waals surface area contributed by atoms with Gasteiger partial charge < -0.3 is 15.0 Å². The van der Waals surface area contributed by atoms with E-state index in [-0.39, 0.29) is 0 Å². The molecule has 0 aliphatic carbocycles. The molecule has 0 fully saturated rings. The number of hydrogen-bond donors (Lipinski definition) is 1. The van der Waals surface area contributed by atoms with Crippen LogP contribution in [-0.2, 0) is 10.3 Å². The number of rotatable bonds is 4. The van der Waals surface area contributed by atoms with Crippen molar-refractivity contribution in [2.75, 3.05) is 13.7 Å². The van der Waals surface area contributed by atoms with E-state index in [0.717, 1.165) is 16.6 Å². The summed E-state index contributed by atoms with van der Waals surface area (Å²) < 4.78 is 10.4. The van der Waals surface area contributed by atoms with E-state index in [9.17, 15) is 0 Å². The van der Waals surface area contributed by atoms with E-state index < -0.39 is 5.54 Å². The number of nitrogens with zero attached hydrogens (tertiary/aromatic N) is 4. The molecule has 0 saturated heterocycles. The van der Waals surface area contributed by atoms with Gasteiger partial charge >= 0.3 is 0 Å². The van der Waals surface area contributed by atoms with Gasteiger partial charge in [0.2, 0.25) is 0 Å². The van der Waals surface area contributed by atoms with Crippen molar-refractivity contribution in [3.8, 4) is 11.5 Å². The van der Waals surface area contributed by atoms with E-state index in [4.69, 9.17) is 15.0 Å². The van der Waals surface area contributed by atoms with Gasteiger partial charge in [-0.25, -0.2) is 0 Å². The molecule has 3 aromatic rings. The number of benzene rings is 1. The van der Waals surface area contributed by atoms with Gasteiger partial charge in [-0.05, 0) is 25.1 Å². The number of nitrogens with two attached hydrogens (primary N) is 1. The highest BCUT2D eigenvalue weighted by atomic mass is 16.5. The number of hydrogen-bond acceptors (Lipinski definition) is 7. The fourth-order valence-electron chi connectivity index (χ4n) is 2.03. The van der Waals surface area contributed by atoms with Crippen LogP contribution in [0, 0.1) is 0 Å². The summed E-state index contributed by atoms with van der Waals surface area (Å²) >= 11 is 0. The molecule has 0 spiro atoms. The molecular formula is C14H15N5O2. The lowest BCUT2D eigenvalue weighted by atomic mass is 10.1. The van der Waals surface area contributed by atoms with Crippen molar-refractivity contribution in [2.24, 2.45) is 5.73 Å². The fraction of sp³-hybridized carbons (Fsp3) is 0.286. The molecule has 2 N–H and O–H groups in total. The smallest absolute Gasteiger partial charge is 0.258 e. The van der Waals surface area contributed by atoms with Crippen molar-refractivity contribution in [1.29, 1.82) is 0 Å². The maximum atomic E-state index is 6.10. The van der Waals surface area contributed by atoms with Crippen LogP contribution >= 0.6 is 0 Å². The van der Waals surface area contributed by atoms with Crippen molar-refractivity contribution in [2.45, 2.75) is 12.5 Å². The Kier molecular flexibility index (Phi) is 3.36. The van der Waals surface area contributed by atoms with Gasteiger partial charge in [0.15, 0.2) is 5.82 Å². The average molecular weight is 285 g/mol. The van der Waals surface area contributed by atoms with Gasteiger partial charge in [-0.2, -0.15) is 4.98 Å². The molecule has 0 saturated carbocycles. The van der Waals surface area contributed by atoms with Crippen LogP contribution in [0.25, 0.3) is 22.5 Å². The van der Waals surface area contributed by atoms with Gasteiger partial charge in [-0.1, -0.05) is 5.16 Å². The minimum Gasteiger partial charge on any atom is -0.382 e. The van der Waals surface area contributed by atoms with Crippen molar-refractivity contribution < 1.29 is 9.26 Å². The van der Waals surface area contributed by atoms with Crippen LogP contribution < -0.4 is 5.73 Å². The Hall–Kier alpha value is -2.38. The second kappa shape index (κ2) is 5.19. The first-order chi connectivity index (χ1) is 10.1. The zero-order chi connectivity index (χ0) is 14.9. The van der Waals surface area contributed by atoms with Gasteiger partial charge in [0.25, 0.3) is 5.89 Å². The summed E-state index contributed by atoms with van der Waals surface area (Å²) in [5.74, 6) is 0.795. The molecule has 2 heterocycles. The van der Waals surface area contributed by atoms with Gasteiger partial charge in [0, 0.05) is 25.1 Å². The normalized spacial score (nSPS) is 14.2. The highest BCUT2D eigenvalue weighted by molar-refractivity contribution is 5.79. The molecule has 108 valence electrons. The summed E-state index contributed by atoms with van der Waals surface area (Å²) in [5.41, 5.74) is 7.65. The van der Waals surface area contributed by atoms with Gasteiger partial charge in [-0.15, -0.1) is 0 Å². The Morgan fingerprint density at radius 2 is 2.00 bits per heavy atom. The molecule has 0 radical (unpaired) electrons. The predicted molar refractivity (Wildman–Crippen MR) is 76.2 cm³/mol. The van der Waals surface area contributed by atoms with Crippen LogP contribution in [0.15, 0.2) is 35.1 Å². The second-order valence-electron chi connectivity index (χ2n) is 5.03. The Balaban J connectivity index is 1.98. The van der Waals surface area contributed by atoms with Crippen molar-refractivity contribution in [1.82, 2.24) is 20.1 Å². The monoisotopic (exact) mass is 285 g/mol. The molecule has 2 aromatic heterocycles. The molecule has 0 aliphatic heterocycles. The molecule has 1 unspecified atom stereocenters. The number of ether oxygens (including phenoxy) is 1. The molecule has 1 atom stereocenters. The zero-order valence-electron chi connectivity index (χ0n) is 11.8. The topological polar surface area (TPSA) is 100.0 Å². The quantitative estimate of drug-likeness (QED) is 0.775. The van der Waals surface area contributed by atoms with Crippen LogP contribution in [0.4, 0.5) is 0 Å². The summed E-state index contributed by atoms with van der Waals surface area (Å²) in [6, 6.07) is 5.57. The van der Waals surface area contributed by atoms with Gasteiger partial charge in [-0.3, -0.25) is 9.97 Å². The molecule has 0 aliphatic rings. The average Bonchev–Trinajstić information content (AvgIpc) is 2.97. The van der Waals surface area contributed by atoms with E-state index in [1.54, 1.807) is 26.4 Å². The predicted octanol–water partition coefficient (Wildman–Crippen LogP) is 1.50. The third-order valence-corrected chi connectivity index (χ3v) is 3.10. The van der Waals surface area contributed by atoms with Crippen LogP contribution in [0.5, 0.6) is 0 Å². The number of methoxy groups -OCH3 is 1. The molecule has 7 heteroatoms. The van der Waals surface area contributed by atoms with E-state index in [2.05, 4.69) is 20.1 Å². The van der Waals surface area contributed by atoms with E-state index in [1.807, 2.05) is 18.2 Å². The van der Waals surface area contributed by atoms with Gasteiger partial charge in [0.1, 0.15) is 5.54 Å². The number of fused-ring (bicyclic) bond motifs is 1. The van der Waals surface area contributed by atoms with Crippen LogP contribution in [-0.4, -0.2) is 33.8 Å². The first-order valence-corrected chi connectivity index (χ1v) is 6.43. The van der Waals surface area contributed by atoms with Crippen LogP contribution in [0.1, 0.15) is 12.7 Å². The first kappa shape index (κ1) is 13.6. The zero-order valence-corrected chi connectivity index (χ0v) is 11.8. The van der Waals surface area contributed by atoms with E-state index in [0.29, 0.717) is 18.3 Å². The third-order valence-electron chi connectivity index (χ3n) is 3.10. The Morgan fingerprint density at radius 3 is 2.76 bits per heavy atom. The fourth-order valence-corrected chi connectivity index (χ4v) is 2.03. The lowest BCUT2D eigenvalue weighted by Gasteiger charge is -2.18. The summed E-state index contributed by atoms with van der Waals surface area (Å²) in [6.45, 7) is 2.09. The minimum absolute atomic E-state index is 0.301. The van der Waals surface area contributed by atoms with Gasteiger partial charge in [0.05, 0.1) is 17.6 Å². The molecule has 0 bridgehead atoms. The van der Waals surface area contributed by atoms with Crippen LogP contribution in [0.3, 0.4) is 0 Å². The second-order valence-corrected chi connectivity index (χ2v) is 5.03. The summed E-state index contributed by atoms with van der Waals surface area (Å²) in [6.07, 6.45) is 3.29. The molecule has 7 nitrogen and oxygen atoms in total. The molecule has 21 heavy (non-hydrogen) atoms. The summed E-state index contributed by atoms with van der Waals surface area (Å²) in [7, 11) is 1.58. The highest BCUT2D eigenvalue weighted by Gasteiger charge is 2.27. The van der Waals surface area contributed by atoms with Crippen molar-refractivity contribution >= 4 is 11.0 Å². The maximum Gasteiger partial charge on any atom is 0.258 e. The lowest BCUT2D eigenvalue weighted by Crippen LogP contribution is -2.38. The standard InChI is InChI=1S/C14H15N5O2/c1-14(15,8-20-2)13-18-12(21-19-13)9-3-4-10-11(7-9)17-6-5-16-10/h3-7H,8,15H2,1-2H3. The largest absolute Gasteiger partial charge is 0.382 e. The van der Waals surface area contributed by atoms with E-state index >= 15 is 0 Å². The summed E-state index contributed by atoms with van der Waals surface area (Å²) in [5, 5.41) is 3.94. The van der Waals surface area contributed by atoms with E-state index in [1.165, 1.54) is 0 Å². The molecule has 1 aromatic carbocycles. The Morgan fingerprint density at radius 1 is 1.24 bits per heavy atom. The van der Waals surface area contributed by atoms with Crippen LogP contribution in [0.2, 0.25) is 0 Å². The lowest BCUT2D eigenvalue weighted by molar-refractivity contribution is 0.135. The first-order valence-electron chi connectivity index (χ1n) is 6.43. The summed E-state index contributed by atoms with van der Waals surface area (Å²) in [4.78, 5) is 12.8. The SMILES string of the molecule is COCC(C)(N)c1noc(-c2ccc3nccnc3c2)n1.